The lowest BCUT2D eigenvalue weighted by Crippen LogP contribution is -2.31. The zero-order valence-electron chi connectivity index (χ0n) is 8.24. The Morgan fingerprint density at radius 2 is 2.36 bits per heavy atom. The molecule has 0 aliphatic heterocycles. The van der Waals surface area contributed by atoms with Crippen molar-refractivity contribution in [3.05, 3.63) is 20.8 Å². The second kappa shape index (κ2) is 4.31. The van der Waals surface area contributed by atoms with Gasteiger partial charge in [0, 0.05) is 17.5 Å². The quantitative estimate of drug-likeness (QED) is 0.915. The molecule has 1 saturated carbocycles. The number of thiophene rings is 1. The summed E-state index contributed by atoms with van der Waals surface area (Å²) in [5.41, 5.74) is 5.83. The van der Waals surface area contributed by atoms with Crippen molar-refractivity contribution < 1.29 is 0 Å². The van der Waals surface area contributed by atoms with Crippen LogP contribution in [-0.2, 0) is 0 Å². The molecule has 1 fully saturated rings. The molecular formula is C10H15BrN2S. The maximum Gasteiger partial charge on any atom is 0.0702 e. The molecule has 1 aliphatic carbocycles. The fraction of sp³-hybridized carbons (Fsp3) is 0.600. The molecule has 0 amide bonds. The molecule has 0 aromatic carbocycles. The Labute approximate surface area is 97.2 Å². The molecule has 0 radical (unpaired) electrons. The fourth-order valence-corrected chi connectivity index (χ4v) is 3.32. The molecular weight excluding hydrogens is 260 g/mol. The lowest BCUT2D eigenvalue weighted by atomic mass is 10.2. The van der Waals surface area contributed by atoms with Crippen molar-refractivity contribution in [2.45, 2.75) is 24.9 Å². The molecule has 1 aliphatic rings. The number of rotatable bonds is 4. The molecule has 1 atom stereocenters. The van der Waals surface area contributed by atoms with Gasteiger partial charge in [0.2, 0.25) is 0 Å². The number of hydrogen-bond acceptors (Lipinski definition) is 3. The van der Waals surface area contributed by atoms with E-state index in [1.54, 1.807) is 11.3 Å². The first-order valence-corrected chi connectivity index (χ1v) is 6.50. The monoisotopic (exact) mass is 274 g/mol. The second-order valence-corrected chi connectivity index (χ2v) is 6.28. The molecule has 1 aromatic rings. The van der Waals surface area contributed by atoms with Crippen molar-refractivity contribution >= 4 is 27.3 Å². The lowest BCUT2D eigenvalue weighted by molar-refractivity contribution is 0.243. The molecule has 4 heteroatoms. The van der Waals surface area contributed by atoms with E-state index < -0.39 is 0 Å². The molecule has 2 nitrogen and oxygen atoms in total. The minimum absolute atomic E-state index is 0.402. The highest BCUT2D eigenvalue weighted by Gasteiger charge is 2.31. The molecule has 14 heavy (non-hydrogen) atoms. The summed E-state index contributed by atoms with van der Waals surface area (Å²) in [6.45, 7) is 0.708. The van der Waals surface area contributed by atoms with Crippen LogP contribution >= 0.6 is 27.3 Å². The molecule has 0 bridgehead atoms. The molecule has 1 unspecified atom stereocenters. The van der Waals surface area contributed by atoms with Crippen LogP contribution in [0.25, 0.3) is 0 Å². The maximum atomic E-state index is 5.83. The van der Waals surface area contributed by atoms with Crippen molar-refractivity contribution in [3.8, 4) is 0 Å². The second-order valence-electron chi connectivity index (χ2n) is 3.79. The standard InChI is InChI=1S/C10H15BrN2S/c1-13(7-2-3-7)8(6-12)9-4-5-10(11)14-9/h4-5,7-8H,2-3,6,12H2,1H3. The number of nitrogens with two attached hydrogens (primary N) is 1. The van der Waals surface area contributed by atoms with Gasteiger partial charge < -0.3 is 5.73 Å². The Balaban J connectivity index is 2.11. The largest absolute Gasteiger partial charge is 0.329 e. The Hall–Kier alpha value is 0.1000. The summed E-state index contributed by atoms with van der Waals surface area (Å²) in [5, 5.41) is 0. The minimum atomic E-state index is 0.402. The van der Waals surface area contributed by atoms with Crippen molar-refractivity contribution in [3.63, 3.8) is 0 Å². The molecule has 2 N–H and O–H groups in total. The zero-order chi connectivity index (χ0) is 10.1. The molecule has 0 spiro atoms. The van der Waals surface area contributed by atoms with Crippen LogP contribution in [0.4, 0.5) is 0 Å². The normalized spacial score (nSPS) is 18.9. The summed E-state index contributed by atoms with van der Waals surface area (Å²) in [6.07, 6.45) is 2.67. The smallest absolute Gasteiger partial charge is 0.0702 e. The first-order valence-electron chi connectivity index (χ1n) is 4.89. The highest BCUT2D eigenvalue weighted by Crippen LogP contribution is 2.35. The summed E-state index contributed by atoms with van der Waals surface area (Å²) in [7, 11) is 2.18. The first kappa shape index (κ1) is 10.6. The van der Waals surface area contributed by atoms with Crippen molar-refractivity contribution in [1.82, 2.24) is 4.90 Å². The van der Waals surface area contributed by atoms with Crippen LogP contribution in [-0.4, -0.2) is 24.5 Å². The molecule has 78 valence electrons. The highest BCUT2D eigenvalue weighted by atomic mass is 79.9. The topological polar surface area (TPSA) is 29.3 Å². The van der Waals surface area contributed by atoms with E-state index in [0.29, 0.717) is 12.6 Å². The number of nitrogens with zero attached hydrogens (tertiary/aromatic N) is 1. The molecule has 2 rings (SSSR count). The first-order chi connectivity index (χ1) is 6.72. The van der Waals surface area contributed by atoms with Crippen LogP contribution in [0, 0.1) is 0 Å². The maximum absolute atomic E-state index is 5.83. The SMILES string of the molecule is CN(C1CC1)C(CN)c1ccc(Br)s1. The van der Waals surface area contributed by atoms with Crippen LogP contribution in [0.1, 0.15) is 23.8 Å². The van der Waals surface area contributed by atoms with Gasteiger partial charge in [0.1, 0.15) is 0 Å². The molecule has 1 heterocycles. The summed E-state index contributed by atoms with van der Waals surface area (Å²) in [5.74, 6) is 0. The van der Waals surface area contributed by atoms with Crippen LogP contribution in [0.2, 0.25) is 0 Å². The van der Waals surface area contributed by atoms with E-state index in [4.69, 9.17) is 5.73 Å². The van der Waals surface area contributed by atoms with E-state index in [-0.39, 0.29) is 0 Å². The van der Waals surface area contributed by atoms with E-state index in [2.05, 4.69) is 40.0 Å². The molecule has 1 aromatic heterocycles. The Morgan fingerprint density at radius 1 is 1.64 bits per heavy atom. The van der Waals surface area contributed by atoms with Crippen molar-refractivity contribution in [2.24, 2.45) is 5.73 Å². The van der Waals surface area contributed by atoms with Gasteiger partial charge in [0.25, 0.3) is 0 Å². The summed E-state index contributed by atoms with van der Waals surface area (Å²) >= 11 is 5.28. The Kier molecular flexibility index (Phi) is 3.27. The lowest BCUT2D eigenvalue weighted by Gasteiger charge is -2.25. The minimum Gasteiger partial charge on any atom is -0.329 e. The van der Waals surface area contributed by atoms with E-state index in [0.717, 1.165) is 6.04 Å². The Bertz CT molecular complexity index is 309. The van der Waals surface area contributed by atoms with Gasteiger partial charge in [0.15, 0.2) is 0 Å². The summed E-state index contributed by atoms with van der Waals surface area (Å²) in [6, 6.07) is 5.44. The molecule has 0 saturated heterocycles. The number of halogens is 1. The van der Waals surface area contributed by atoms with Crippen LogP contribution in [0.3, 0.4) is 0 Å². The van der Waals surface area contributed by atoms with Gasteiger partial charge >= 0.3 is 0 Å². The predicted octanol–water partition coefficient (Wildman–Crippen LogP) is 2.60. The van der Waals surface area contributed by atoms with Crippen LogP contribution in [0.15, 0.2) is 15.9 Å². The van der Waals surface area contributed by atoms with Gasteiger partial charge in [-0.25, -0.2) is 0 Å². The van der Waals surface area contributed by atoms with E-state index in [9.17, 15) is 0 Å². The zero-order valence-corrected chi connectivity index (χ0v) is 10.6. The van der Waals surface area contributed by atoms with Crippen LogP contribution < -0.4 is 5.73 Å². The van der Waals surface area contributed by atoms with Gasteiger partial charge in [-0.1, -0.05) is 0 Å². The van der Waals surface area contributed by atoms with Gasteiger partial charge in [0.05, 0.1) is 9.83 Å². The van der Waals surface area contributed by atoms with Gasteiger partial charge in [-0.3, -0.25) is 4.90 Å². The van der Waals surface area contributed by atoms with Crippen LogP contribution in [0.5, 0.6) is 0 Å². The number of likely N-dealkylation sites (N-methyl/N-ethyl adjacent to an activating group) is 1. The van der Waals surface area contributed by atoms with Gasteiger partial charge in [-0.15, -0.1) is 11.3 Å². The summed E-state index contributed by atoms with van der Waals surface area (Å²) < 4.78 is 1.19. The summed E-state index contributed by atoms with van der Waals surface area (Å²) in [4.78, 5) is 3.78. The highest BCUT2D eigenvalue weighted by molar-refractivity contribution is 9.11. The van der Waals surface area contributed by atoms with Crippen molar-refractivity contribution in [1.29, 1.82) is 0 Å². The predicted molar refractivity (Wildman–Crippen MR) is 64.6 cm³/mol. The third-order valence-corrected chi connectivity index (χ3v) is 4.49. The number of hydrogen-bond donors (Lipinski definition) is 1. The van der Waals surface area contributed by atoms with Gasteiger partial charge in [-0.2, -0.15) is 0 Å². The van der Waals surface area contributed by atoms with Gasteiger partial charge in [-0.05, 0) is 48.0 Å². The average molecular weight is 275 g/mol. The Morgan fingerprint density at radius 3 is 2.79 bits per heavy atom. The third-order valence-electron chi connectivity index (χ3n) is 2.76. The average Bonchev–Trinajstić information content (AvgIpc) is 2.92. The fourth-order valence-electron chi connectivity index (χ4n) is 1.73. The van der Waals surface area contributed by atoms with E-state index >= 15 is 0 Å². The third kappa shape index (κ3) is 2.19. The van der Waals surface area contributed by atoms with E-state index in [1.807, 2.05) is 0 Å². The van der Waals surface area contributed by atoms with E-state index in [1.165, 1.54) is 21.5 Å². The van der Waals surface area contributed by atoms with Crippen molar-refractivity contribution in [2.75, 3.05) is 13.6 Å².